The number of hydrogen-bond donors (Lipinski definition) is 1. The molecule has 0 aliphatic carbocycles. The summed E-state index contributed by atoms with van der Waals surface area (Å²) in [5.74, 6) is 0.315. The largest absolute Gasteiger partial charge is 0.482 e. The Morgan fingerprint density at radius 1 is 1.56 bits per heavy atom. The van der Waals surface area contributed by atoms with Crippen LogP contribution < -0.4 is 15.4 Å². The second kappa shape index (κ2) is 3.94. The maximum atomic E-state index is 11.4. The third-order valence-electron chi connectivity index (χ3n) is 2.55. The lowest BCUT2D eigenvalue weighted by Gasteiger charge is -2.26. The lowest BCUT2D eigenvalue weighted by molar-refractivity contribution is -0.120. The molecule has 0 saturated carbocycles. The standard InChI is InChI=1S/C11H12N2O3/c1-13-8-4-7(9(14)5-12)2-3-10(8)16-6-11(13)15/h2-4H,5-6,12H2,1H3. The predicted octanol–water partition coefficient (Wildman–Crippen LogP) is 0.183. The van der Waals surface area contributed by atoms with Crippen LogP contribution in [0.15, 0.2) is 18.2 Å². The maximum Gasteiger partial charge on any atom is 0.264 e. The molecule has 0 saturated heterocycles. The van der Waals surface area contributed by atoms with Crippen molar-refractivity contribution in [3.05, 3.63) is 23.8 Å². The van der Waals surface area contributed by atoms with Crippen LogP contribution in [0.2, 0.25) is 0 Å². The number of amides is 1. The van der Waals surface area contributed by atoms with E-state index in [1.165, 1.54) is 4.90 Å². The van der Waals surface area contributed by atoms with E-state index in [2.05, 4.69) is 0 Å². The van der Waals surface area contributed by atoms with Gasteiger partial charge in [-0.25, -0.2) is 0 Å². The quantitative estimate of drug-likeness (QED) is 0.722. The number of ether oxygens (including phenoxy) is 1. The van der Waals surface area contributed by atoms with Crippen molar-refractivity contribution < 1.29 is 14.3 Å². The molecule has 1 heterocycles. The molecule has 2 rings (SSSR count). The molecule has 1 aliphatic heterocycles. The smallest absolute Gasteiger partial charge is 0.264 e. The van der Waals surface area contributed by atoms with Crippen LogP contribution in [0.3, 0.4) is 0 Å². The molecule has 5 nitrogen and oxygen atoms in total. The fourth-order valence-corrected chi connectivity index (χ4v) is 1.56. The highest BCUT2D eigenvalue weighted by molar-refractivity contribution is 6.02. The molecule has 1 aliphatic rings. The number of carbonyl (C=O) groups excluding carboxylic acids is 2. The molecule has 0 fully saturated rings. The van der Waals surface area contributed by atoms with Crippen molar-refractivity contribution >= 4 is 17.4 Å². The number of fused-ring (bicyclic) bond motifs is 1. The Morgan fingerprint density at radius 2 is 2.31 bits per heavy atom. The van der Waals surface area contributed by atoms with Gasteiger partial charge in [0.05, 0.1) is 12.2 Å². The highest BCUT2D eigenvalue weighted by Gasteiger charge is 2.22. The van der Waals surface area contributed by atoms with E-state index in [1.54, 1.807) is 25.2 Å². The minimum Gasteiger partial charge on any atom is -0.482 e. The molecule has 1 aromatic rings. The Balaban J connectivity index is 2.44. The summed E-state index contributed by atoms with van der Waals surface area (Å²) in [6, 6.07) is 4.96. The first kappa shape index (κ1) is 10.6. The number of hydrogen-bond acceptors (Lipinski definition) is 4. The van der Waals surface area contributed by atoms with Gasteiger partial charge in [0.25, 0.3) is 5.91 Å². The molecule has 5 heteroatoms. The maximum absolute atomic E-state index is 11.4. The molecule has 0 atom stereocenters. The molecule has 16 heavy (non-hydrogen) atoms. The summed E-state index contributed by atoms with van der Waals surface area (Å²) in [5, 5.41) is 0. The van der Waals surface area contributed by atoms with E-state index in [4.69, 9.17) is 10.5 Å². The van der Waals surface area contributed by atoms with Crippen molar-refractivity contribution in [1.82, 2.24) is 0 Å². The van der Waals surface area contributed by atoms with E-state index in [-0.39, 0.29) is 24.8 Å². The van der Waals surface area contributed by atoms with Crippen LogP contribution in [0.1, 0.15) is 10.4 Å². The van der Waals surface area contributed by atoms with Crippen molar-refractivity contribution in [1.29, 1.82) is 0 Å². The fourth-order valence-electron chi connectivity index (χ4n) is 1.56. The van der Waals surface area contributed by atoms with Crippen molar-refractivity contribution in [2.45, 2.75) is 0 Å². The number of nitrogens with two attached hydrogens (primary N) is 1. The topological polar surface area (TPSA) is 72.6 Å². The van der Waals surface area contributed by atoms with Gasteiger partial charge in [0, 0.05) is 12.6 Å². The number of ketones is 1. The highest BCUT2D eigenvalue weighted by atomic mass is 16.5. The summed E-state index contributed by atoms with van der Waals surface area (Å²) in [6.07, 6.45) is 0. The van der Waals surface area contributed by atoms with Crippen molar-refractivity contribution in [3.63, 3.8) is 0 Å². The molecule has 0 spiro atoms. The number of likely N-dealkylation sites (N-methyl/N-ethyl adjacent to an activating group) is 1. The van der Waals surface area contributed by atoms with Crippen LogP contribution in [-0.4, -0.2) is 31.9 Å². The molecule has 1 aromatic carbocycles. The summed E-state index contributed by atoms with van der Waals surface area (Å²) < 4.78 is 5.24. The Hall–Kier alpha value is -1.88. The first-order valence-electron chi connectivity index (χ1n) is 4.90. The molecule has 1 amide bonds. The van der Waals surface area contributed by atoms with Crippen LogP contribution in [-0.2, 0) is 4.79 Å². The Morgan fingerprint density at radius 3 is 3.00 bits per heavy atom. The molecule has 0 radical (unpaired) electrons. The van der Waals surface area contributed by atoms with Gasteiger partial charge >= 0.3 is 0 Å². The predicted molar refractivity (Wildman–Crippen MR) is 58.7 cm³/mol. The molecule has 2 N–H and O–H groups in total. The lowest BCUT2D eigenvalue weighted by Crippen LogP contribution is -2.35. The Labute approximate surface area is 92.8 Å². The van der Waals surface area contributed by atoms with Gasteiger partial charge < -0.3 is 15.4 Å². The first-order chi connectivity index (χ1) is 7.63. The van der Waals surface area contributed by atoms with Gasteiger partial charge in [-0.3, -0.25) is 9.59 Å². The minimum absolute atomic E-state index is 0.0354. The van der Waals surface area contributed by atoms with Gasteiger partial charge in [0.2, 0.25) is 0 Å². The summed E-state index contributed by atoms with van der Waals surface area (Å²) in [6.45, 7) is -0.00894. The number of benzene rings is 1. The zero-order valence-electron chi connectivity index (χ0n) is 8.90. The molecule has 0 bridgehead atoms. The van der Waals surface area contributed by atoms with Crippen molar-refractivity contribution in [2.24, 2.45) is 5.73 Å². The summed E-state index contributed by atoms with van der Waals surface area (Å²) in [5.41, 5.74) is 6.38. The Bertz CT molecular complexity index is 457. The van der Waals surface area contributed by atoms with Crippen LogP contribution in [0.25, 0.3) is 0 Å². The average molecular weight is 220 g/mol. The Kier molecular flexibility index (Phi) is 2.62. The molecular formula is C11H12N2O3. The SMILES string of the molecule is CN1C(=O)COc2ccc(C(=O)CN)cc21. The highest BCUT2D eigenvalue weighted by Crippen LogP contribution is 2.31. The number of Topliss-reactive ketones (excluding diaryl/α,β-unsaturated/α-hetero) is 1. The normalized spacial score (nSPS) is 14.4. The van der Waals surface area contributed by atoms with Gasteiger partial charge in [0.1, 0.15) is 5.75 Å². The lowest BCUT2D eigenvalue weighted by atomic mass is 10.1. The van der Waals surface area contributed by atoms with Gasteiger partial charge in [-0.15, -0.1) is 0 Å². The van der Waals surface area contributed by atoms with E-state index >= 15 is 0 Å². The van der Waals surface area contributed by atoms with E-state index in [0.29, 0.717) is 17.0 Å². The van der Waals surface area contributed by atoms with E-state index in [9.17, 15) is 9.59 Å². The fraction of sp³-hybridized carbons (Fsp3) is 0.273. The molecule has 0 aromatic heterocycles. The van der Waals surface area contributed by atoms with Gasteiger partial charge in [0.15, 0.2) is 12.4 Å². The molecular weight excluding hydrogens is 208 g/mol. The van der Waals surface area contributed by atoms with Crippen LogP contribution in [0.4, 0.5) is 5.69 Å². The first-order valence-corrected chi connectivity index (χ1v) is 4.90. The average Bonchev–Trinajstić information content (AvgIpc) is 2.32. The van der Waals surface area contributed by atoms with Crippen LogP contribution in [0.5, 0.6) is 5.75 Å². The number of rotatable bonds is 2. The summed E-state index contributed by atoms with van der Waals surface area (Å²) in [7, 11) is 1.65. The number of anilines is 1. The molecule has 0 unspecified atom stereocenters. The van der Waals surface area contributed by atoms with Gasteiger partial charge in [-0.2, -0.15) is 0 Å². The van der Waals surface area contributed by atoms with Crippen LogP contribution >= 0.6 is 0 Å². The van der Waals surface area contributed by atoms with Crippen molar-refractivity contribution in [3.8, 4) is 5.75 Å². The van der Waals surface area contributed by atoms with E-state index < -0.39 is 0 Å². The summed E-state index contributed by atoms with van der Waals surface area (Å²) in [4.78, 5) is 24.3. The number of carbonyl (C=O) groups is 2. The zero-order chi connectivity index (χ0) is 11.7. The van der Waals surface area contributed by atoms with Crippen molar-refractivity contribution in [2.75, 3.05) is 25.1 Å². The van der Waals surface area contributed by atoms with Gasteiger partial charge in [-0.05, 0) is 18.2 Å². The van der Waals surface area contributed by atoms with E-state index in [1.807, 2.05) is 0 Å². The minimum atomic E-state index is -0.158. The zero-order valence-corrected chi connectivity index (χ0v) is 8.90. The van der Waals surface area contributed by atoms with E-state index in [0.717, 1.165) is 0 Å². The third-order valence-corrected chi connectivity index (χ3v) is 2.55. The molecule has 84 valence electrons. The number of nitrogens with zero attached hydrogens (tertiary/aromatic N) is 1. The van der Waals surface area contributed by atoms with Crippen LogP contribution in [0, 0.1) is 0 Å². The second-order valence-corrected chi connectivity index (χ2v) is 3.55. The second-order valence-electron chi connectivity index (χ2n) is 3.55. The van der Waals surface area contributed by atoms with Gasteiger partial charge in [-0.1, -0.05) is 0 Å². The monoisotopic (exact) mass is 220 g/mol. The third kappa shape index (κ3) is 1.65. The summed E-state index contributed by atoms with van der Waals surface area (Å²) >= 11 is 0.